The Labute approximate surface area is 136 Å². The number of amides is 2. The lowest BCUT2D eigenvalue weighted by Crippen LogP contribution is -2.41. The van der Waals surface area contributed by atoms with Crippen molar-refractivity contribution in [2.45, 2.75) is 38.3 Å². The molecule has 0 unspecified atom stereocenters. The van der Waals surface area contributed by atoms with Crippen LogP contribution >= 0.6 is 0 Å². The van der Waals surface area contributed by atoms with Gasteiger partial charge in [-0.3, -0.25) is 4.68 Å². The van der Waals surface area contributed by atoms with E-state index in [-0.39, 0.29) is 12.1 Å². The van der Waals surface area contributed by atoms with Crippen molar-refractivity contribution in [1.29, 1.82) is 0 Å². The van der Waals surface area contributed by atoms with Crippen LogP contribution in [0.5, 0.6) is 0 Å². The van der Waals surface area contributed by atoms with Gasteiger partial charge in [0.1, 0.15) is 12.7 Å². The first-order chi connectivity index (χ1) is 11.3. The van der Waals surface area contributed by atoms with Gasteiger partial charge in [-0.05, 0) is 36.8 Å². The van der Waals surface area contributed by atoms with Gasteiger partial charge >= 0.3 is 6.03 Å². The van der Waals surface area contributed by atoms with E-state index < -0.39 is 0 Å². The fourth-order valence-corrected chi connectivity index (χ4v) is 3.18. The molecular weight excluding hydrogens is 290 g/mol. The van der Waals surface area contributed by atoms with Crippen LogP contribution in [0.3, 0.4) is 0 Å². The van der Waals surface area contributed by atoms with Crippen LogP contribution in [0.25, 0.3) is 0 Å². The summed E-state index contributed by atoms with van der Waals surface area (Å²) >= 11 is 0. The maximum Gasteiger partial charge on any atom is 0.317 e. The average Bonchev–Trinajstić information content (AvgIpc) is 3.11. The Morgan fingerprint density at radius 1 is 1.43 bits per heavy atom. The molecule has 0 radical (unpaired) electrons. The second-order valence-electron chi connectivity index (χ2n) is 5.96. The van der Waals surface area contributed by atoms with Crippen molar-refractivity contribution >= 4 is 6.03 Å². The van der Waals surface area contributed by atoms with Crippen molar-refractivity contribution in [3.05, 3.63) is 48.0 Å². The Kier molecular flexibility index (Phi) is 4.90. The highest BCUT2D eigenvalue weighted by Gasteiger charge is 2.26. The minimum absolute atomic E-state index is 0.00899. The third-order valence-corrected chi connectivity index (χ3v) is 4.43. The highest BCUT2D eigenvalue weighted by atomic mass is 16.2. The monoisotopic (exact) mass is 313 g/mol. The lowest BCUT2D eigenvalue weighted by atomic mass is 9.87. The molecule has 0 fully saturated rings. The predicted molar refractivity (Wildman–Crippen MR) is 87.9 cm³/mol. The van der Waals surface area contributed by atoms with E-state index in [2.05, 4.69) is 39.7 Å². The Hall–Kier alpha value is -2.37. The maximum absolute atomic E-state index is 12.4. The molecular formula is C17H23N5O. The summed E-state index contributed by atoms with van der Waals surface area (Å²) in [5.74, 6) is 0. The molecule has 0 spiro atoms. The minimum Gasteiger partial charge on any atom is -0.338 e. The first-order valence-electron chi connectivity index (χ1n) is 8.16. The molecule has 6 heteroatoms. The summed E-state index contributed by atoms with van der Waals surface area (Å²) in [6.45, 7) is 1.40. The van der Waals surface area contributed by atoms with Crippen LogP contribution in [-0.2, 0) is 13.0 Å². The fourth-order valence-electron chi connectivity index (χ4n) is 3.18. The summed E-state index contributed by atoms with van der Waals surface area (Å²) in [5.41, 5.74) is 2.66. The molecule has 0 saturated heterocycles. The van der Waals surface area contributed by atoms with Gasteiger partial charge in [0, 0.05) is 20.1 Å². The summed E-state index contributed by atoms with van der Waals surface area (Å²) < 4.78 is 1.77. The molecule has 0 bridgehead atoms. The Bertz CT molecular complexity index is 640. The van der Waals surface area contributed by atoms with E-state index in [0.717, 1.165) is 32.2 Å². The van der Waals surface area contributed by atoms with Crippen LogP contribution in [0, 0.1) is 0 Å². The zero-order valence-corrected chi connectivity index (χ0v) is 13.5. The maximum atomic E-state index is 12.4. The van der Waals surface area contributed by atoms with Crippen molar-refractivity contribution in [2.75, 3.05) is 13.6 Å². The van der Waals surface area contributed by atoms with Crippen molar-refractivity contribution in [3.8, 4) is 0 Å². The number of aryl methyl sites for hydroxylation is 2. The van der Waals surface area contributed by atoms with Gasteiger partial charge in [-0.25, -0.2) is 9.78 Å². The summed E-state index contributed by atoms with van der Waals surface area (Å²) in [5, 5.41) is 7.05. The average molecular weight is 313 g/mol. The number of hydrogen-bond acceptors (Lipinski definition) is 3. The number of fused-ring (bicyclic) bond motifs is 1. The van der Waals surface area contributed by atoms with Crippen LogP contribution in [0.2, 0.25) is 0 Å². The first-order valence-corrected chi connectivity index (χ1v) is 8.16. The lowest BCUT2D eigenvalue weighted by Gasteiger charge is -2.33. The standard InChI is InChI=1S/C17H23N5O/c1-21(16-9-4-7-14-6-2-3-8-15(14)16)17(23)19-10-5-11-22-13-18-12-20-22/h2-3,6,8,12-13,16H,4-5,7,9-11H2,1H3,(H,19,23)/t16-/m0/s1. The van der Waals surface area contributed by atoms with E-state index in [1.165, 1.54) is 17.5 Å². The summed E-state index contributed by atoms with van der Waals surface area (Å²) in [4.78, 5) is 18.1. The molecule has 2 amide bonds. The van der Waals surface area contributed by atoms with Gasteiger partial charge in [0.25, 0.3) is 0 Å². The first kappa shape index (κ1) is 15.5. The Morgan fingerprint density at radius 3 is 3.13 bits per heavy atom. The molecule has 0 saturated carbocycles. The van der Waals surface area contributed by atoms with E-state index in [1.807, 2.05) is 11.9 Å². The summed E-state index contributed by atoms with van der Waals surface area (Å²) in [6, 6.07) is 8.62. The molecule has 6 nitrogen and oxygen atoms in total. The molecule has 1 N–H and O–H groups in total. The van der Waals surface area contributed by atoms with Gasteiger partial charge in [-0.15, -0.1) is 0 Å². The third kappa shape index (κ3) is 3.70. The van der Waals surface area contributed by atoms with Gasteiger partial charge < -0.3 is 10.2 Å². The van der Waals surface area contributed by atoms with Crippen LogP contribution < -0.4 is 5.32 Å². The van der Waals surface area contributed by atoms with E-state index in [0.29, 0.717) is 6.54 Å². The zero-order valence-electron chi connectivity index (χ0n) is 13.5. The molecule has 1 aromatic carbocycles. The molecule has 0 aliphatic heterocycles. The van der Waals surface area contributed by atoms with Crippen LogP contribution in [0.4, 0.5) is 4.79 Å². The number of aromatic nitrogens is 3. The van der Waals surface area contributed by atoms with Gasteiger partial charge in [0.15, 0.2) is 0 Å². The topological polar surface area (TPSA) is 63.1 Å². The minimum atomic E-state index is -0.00899. The van der Waals surface area contributed by atoms with E-state index in [4.69, 9.17) is 0 Å². The Balaban J connectivity index is 1.51. The molecule has 2 aromatic rings. The second-order valence-corrected chi connectivity index (χ2v) is 5.96. The number of benzene rings is 1. The Morgan fingerprint density at radius 2 is 2.30 bits per heavy atom. The lowest BCUT2D eigenvalue weighted by molar-refractivity contribution is 0.183. The van der Waals surface area contributed by atoms with Crippen molar-refractivity contribution < 1.29 is 4.79 Å². The van der Waals surface area contributed by atoms with E-state index >= 15 is 0 Å². The van der Waals surface area contributed by atoms with Crippen molar-refractivity contribution in [3.63, 3.8) is 0 Å². The largest absolute Gasteiger partial charge is 0.338 e. The van der Waals surface area contributed by atoms with Gasteiger partial charge in [-0.2, -0.15) is 5.10 Å². The number of nitrogens with one attached hydrogen (secondary N) is 1. The number of carbonyl (C=O) groups excluding carboxylic acids is 1. The van der Waals surface area contributed by atoms with Crippen molar-refractivity contribution in [1.82, 2.24) is 25.0 Å². The van der Waals surface area contributed by atoms with Gasteiger partial charge in [-0.1, -0.05) is 24.3 Å². The smallest absolute Gasteiger partial charge is 0.317 e. The van der Waals surface area contributed by atoms with E-state index in [1.54, 1.807) is 11.0 Å². The number of hydrogen-bond donors (Lipinski definition) is 1. The second kappa shape index (κ2) is 7.26. The molecule has 1 aromatic heterocycles. The van der Waals surface area contributed by atoms with Crippen LogP contribution in [-0.4, -0.2) is 39.3 Å². The molecule has 3 rings (SSSR count). The summed E-state index contributed by atoms with van der Waals surface area (Å²) in [6.07, 6.45) is 7.31. The molecule has 1 heterocycles. The molecule has 1 aliphatic rings. The normalized spacial score (nSPS) is 16.7. The quantitative estimate of drug-likeness (QED) is 0.862. The number of urea groups is 1. The number of nitrogens with zero attached hydrogens (tertiary/aromatic N) is 4. The fraction of sp³-hybridized carbons (Fsp3) is 0.471. The third-order valence-electron chi connectivity index (χ3n) is 4.43. The number of rotatable bonds is 5. The van der Waals surface area contributed by atoms with Gasteiger partial charge in [0.05, 0.1) is 6.04 Å². The van der Waals surface area contributed by atoms with Crippen LogP contribution in [0.15, 0.2) is 36.9 Å². The predicted octanol–water partition coefficient (Wildman–Crippen LogP) is 2.39. The van der Waals surface area contributed by atoms with Crippen LogP contribution in [0.1, 0.15) is 36.4 Å². The highest BCUT2D eigenvalue weighted by Crippen LogP contribution is 2.33. The molecule has 1 aliphatic carbocycles. The molecule has 23 heavy (non-hydrogen) atoms. The van der Waals surface area contributed by atoms with Crippen molar-refractivity contribution in [2.24, 2.45) is 0 Å². The van der Waals surface area contributed by atoms with E-state index in [9.17, 15) is 4.79 Å². The zero-order chi connectivity index (χ0) is 16.1. The highest BCUT2D eigenvalue weighted by molar-refractivity contribution is 5.74. The molecule has 1 atom stereocenters. The molecule has 122 valence electrons. The summed E-state index contributed by atoms with van der Waals surface area (Å²) in [7, 11) is 1.89. The van der Waals surface area contributed by atoms with Gasteiger partial charge in [0.2, 0.25) is 0 Å². The number of carbonyl (C=O) groups is 1. The SMILES string of the molecule is CN(C(=O)NCCCn1cncn1)[C@H]1CCCc2ccccc21.